The molecule has 0 saturated carbocycles. The highest BCUT2D eigenvalue weighted by atomic mass is 16.5. The van der Waals surface area contributed by atoms with Crippen LogP contribution in [0.4, 0.5) is 0 Å². The smallest absolute Gasteiger partial charge is 0.349 e. The SMILES string of the molecule is COCCOC1CC(N2CCCC2)=C(C#N)/C(=C(\C#N)C(=O)OCCCCCCOC(=O)/C(C#N)=C2\CC(OCCOC)CC(N3CCCC3)=C2C#N)C1. The predicted octanol–water partition coefficient (Wildman–Crippen LogP) is 4.67. The van der Waals surface area contributed by atoms with Gasteiger partial charge in [0.2, 0.25) is 0 Å². The molecule has 0 radical (unpaired) electrons. The van der Waals surface area contributed by atoms with Gasteiger partial charge in [-0.2, -0.15) is 21.0 Å². The Morgan fingerprint density at radius 1 is 0.574 bits per heavy atom. The average Bonchev–Trinajstić information content (AvgIpc) is 3.92. The summed E-state index contributed by atoms with van der Waals surface area (Å²) < 4.78 is 33.2. The third kappa shape index (κ3) is 11.4. The lowest BCUT2D eigenvalue weighted by molar-refractivity contribution is -0.140. The molecule has 2 saturated heterocycles. The zero-order valence-electron chi connectivity index (χ0n) is 31.7. The third-order valence-electron chi connectivity index (χ3n) is 10.1. The van der Waals surface area contributed by atoms with Crippen LogP contribution in [-0.2, 0) is 38.0 Å². The van der Waals surface area contributed by atoms with Crippen LogP contribution in [0.15, 0.2) is 44.8 Å². The quantitative estimate of drug-likeness (QED) is 0.0767. The van der Waals surface area contributed by atoms with Crippen molar-refractivity contribution in [1.29, 1.82) is 21.0 Å². The van der Waals surface area contributed by atoms with Crippen molar-refractivity contribution >= 4 is 11.9 Å². The van der Waals surface area contributed by atoms with E-state index in [2.05, 4.69) is 21.9 Å². The molecule has 0 aromatic heterocycles. The molecule has 0 N–H and O–H groups in total. The molecule has 0 aromatic rings. The van der Waals surface area contributed by atoms with E-state index in [0.29, 0.717) is 87.2 Å². The van der Waals surface area contributed by atoms with Gasteiger partial charge in [0.25, 0.3) is 0 Å². The van der Waals surface area contributed by atoms with Gasteiger partial charge in [0.05, 0.1) is 63.0 Å². The number of nitriles is 4. The molecule has 4 aliphatic rings. The molecule has 290 valence electrons. The van der Waals surface area contributed by atoms with Gasteiger partial charge in [-0.25, -0.2) is 9.59 Å². The zero-order valence-corrected chi connectivity index (χ0v) is 31.7. The van der Waals surface area contributed by atoms with Gasteiger partial charge < -0.3 is 38.2 Å². The highest BCUT2D eigenvalue weighted by Crippen LogP contribution is 2.38. The van der Waals surface area contributed by atoms with E-state index in [0.717, 1.165) is 63.3 Å². The van der Waals surface area contributed by atoms with Gasteiger partial charge >= 0.3 is 11.9 Å². The summed E-state index contributed by atoms with van der Waals surface area (Å²) in [4.78, 5) is 30.6. The Balaban J connectivity index is 1.30. The molecule has 14 heteroatoms. The monoisotopic (exact) mass is 744 g/mol. The molecule has 0 bridgehead atoms. The molecule has 54 heavy (non-hydrogen) atoms. The molecule has 2 heterocycles. The Morgan fingerprint density at radius 2 is 0.963 bits per heavy atom. The number of carbonyl (C=O) groups excluding carboxylic acids is 2. The Morgan fingerprint density at radius 3 is 1.30 bits per heavy atom. The summed E-state index contributed by atoms with van der Waals surface area (Å²) in [5.41, 5.74) is 2.70. The Labute approximate surface area is 318 Å². The van der Waals surface area contributed by atoms with Gasteiger partial charge in [-0.15, -0.1) is 0 Å². The molecule has 2 atom stereocenters. The summed E-state index contributed by atoms with van der Waals surface area (Å²) in [5, 5.41) is 40.3. The zero-order chi connectivity index (χ0) is 38.7. The van der Waals surface area contributed by atoms with Gasteiger partial charge in [0, 0.05) is 77.5 Å². The maximum Gasteiger partial charge on any atom is 0.349 e. The molecule has 2 aliphatic carbocycles. The molecule has 2 unspecified atom stereocenters. The van der Waals surface area contributed by atoms with Crippen molar-refractivity contribution in [3.05, 3.63) is 44.8 Å². The summed E-state index contributed by atoms with van der Waals surface area (Å²) >= 11 is 0. The first-order chi connectivity index (χ1) is 26.4. The minimum atomic E-state index is -0.766. The van der Waals surface area contributed by atoms with Crippen molar-refractivity contribution in [2.24, 2.45) is 0 Å². The summed E-state index contributed by atoms with van der Waals surface area (Å²) in [5.74, 6) is -1.53. The van der Waals surface area contributed by atoms with Gasteiger partial charge in [0.1, 0.15) is 35.4 Å². The van der Waals surface area contributed by atoms with Crippen molar-refractivity contribution in [2.45, 2.75) is 89.3 Å². The molecule has 0 aromatic carbocycles. The summed E-state index contributed by atoms with van der Waals surface area (Å²) in [6.45, 7) is 4.94. The number of hydrogen-bond donors (Lipinski definition) is 0. The van der Waals surface area contributed by atoms with Gasteiger partial charge in [-0.05, 0) is 62.5 Å². The number of hydrogen-bond acceptors (Lipinski definition) is 14. The minimum absolute atomic E-state index is 0.0797. The Kier molecular flexibility index (Phi) is 17.5. The first kappa shape index (κ1) is 42.0. The van der Waals surface area contributed by atoms with Crippen LogP contribution in [0, 0.1) is 45.3 Å². The lowest BCUT2D eigenvalue weighted by atomic mass is 9.86. The number of methoxy groups -OCH3 is 2. The number of likely N-dealkylation sites (tertiary alicyclic amines) is 2. The highest BCUT2D eigenvalue weighted by molar-refractivity contribution is 5.95. The normalized spacial score (nSPS) is 22.0. The fourth-order valence-electron chi connectivity index (χ4n) is 7.39. The van der Waals surface area contributed by atoms with Crippen LogP contribution in [0.25, 0.3) is 0 Å². The number of carbonyl (C=O) groups is 2. The van der Waals surface area contributed by atoms with E-state index in [1.54, 1.807) is 14.2 Å². The van der Waals surface area contributed by atoms with Crippen molar-refractivity contribution in [3.8, 4) is 24.3 Å². The second kappa shape index (κ2) is 22.5. The third-order valence-corrected chi connectivity index (χ3v) is 10.1. The van der Waals surface area contributed by atoms with E-state index in [9.17, 15) is 30.6 Å². The van der Waals surface area contributed by atoms with Crippen LogP contribution >= 0.6 is 0 Å². The number of nitrogens with zero attached hydrogens (tertiary/aromatic N) is 6. The second-order valence-electron chi connectivity index (χ2n) is 13.7. The maximum absolute atomic E-state index is 13.2. The first-order valence-electron chi connectivity index (χ1n) is 19.0. The van der Waals surface area contributed by atoms with Crippen LogP contribution in [0.3, 0.4) is 0 Å². The Hall–Kier alpha value is -4.70. The van der Waals surface area contributed by atoms with Crippen LogP contribution in [-0.4, -0.2) is 114 Å². The van der Waals surface area contributed by atoms with Crippen LogP contribution in [0.2, 0.25) is 0 Å². The summed E-state index contributed by atoms with van der Waals surface area (Å²) in [6, 6.07) is 8.51. The minimum Gasteiger partial charge on any atom is -0.462 e. The highest BCUT2D eigenvalue weighted by Gasteiger charge is 2.35. The topological polar surface area (TPSA) is 191 Å². The van der Waals surface area contributed by atoms with Gasteiger partial charge in [-0.3, -0.25) is 0 Å². The Bertz CT molecular complexity index is 1510. The summed E-state index contributed by atoms with van der Waals surface area (Å²) in [6.07, 6.45) is 7.36. The predicted molar refractivity (Wildman–Crippen MR) is 194 cm³/mol. The van der Waals surface area contributed by atoms with Crippen LogP contribution < -0.4 is 0 Å². The number of esters is 2. The molecule has 0 spiro atoms. The first-order valence-corrected chi connectivity index (χ1v) is 19.0. The van der Waals surface area contributed by atoms with Gasteiger partial charge in [-0.1, -0.05) is 0 Å². The van der Waals surface area contributed by atoms with E-state index in [4.69, 9.17) is 28.4 Å². The van der Waals surface area contributed by atoms with E-state index in [1.807, 2.05) is 12.1 Å². The maximum atomic E-state index is 13.2. The number of unbranched alkanes of at least 4 members (excludes halogenated alkanes) is 3. The lowest BCUT2D eigenvalue weighted by Crippen LogP contribution is -2.31. The van der Waals surface area contributed by atoms with Crippen molar-refractivity contribution < 1.29 is 38.0 Å². The molecule has 2 fully saturated rings. The fraction of sp³-hybridized carbons (Fsp3) is 0.650. The van der Waals surface area contributed by atoms with E-state index in [1.165, 1.54) is 0 Å². The molecular weight excluding hydrogens is 692 g/mol. The largest absolute Gasteiger partial charge is 0.462 e. The standard InChI is InChI=1S/C40H52N6O8/c1-49-17-19-51-29-21-31(33(25-41)37(23-29)45-11-5-6-12-45)35(27-43)39(47)53-15-9-3-4-10-16-54-40(48)36(28-44)32-22-30(52-20-18-50-2)24-38(34(32)26-42)46-13-7-8-14-46/h29-30H,3-24H2,1-2H3/b35-31+,36-32+. The van der Waals surface area contributed by atoms with Crippen molar-refractivity contribution in [3.63, 3.8) is 0 Å². The van der Waals surface area contributed by atoms with Crippen LogP contribution in [0.1, 0.15) is 77.0 Å². The van der Waals surface area contributed by atoms with E-state index in [-0.39, 0.29) is 49.4 Å². The number of rotatable bonds is 19. The number of ether oxygens (including phenoxy) is 6. The molecule has 2 aliphatic heterocycles. The lowest BCUT2D eigenvalue weighted by Gasteiger charge is -2.32. The van der Waals surface area contributed by atoms with Crippen molar-refractivity contribution in [2.75, 3.05) is 80.0 Å². The summed E-state index contributed by atoms with van der Waals surface area (Å²) in [7, 11) is 3.18. The molecule has 14 nitrogen and oxygen atoms in total. The van der Waals surface area contributed by atoms with E-state index >= 15 is 0 Å². The average molecular weight is 745 g/mol. The fourth-order valence-corrected chi connectivity index (χ4v) is 7.39. The molecule has 0 amide bonds. The molecular formula is C40H52N6O8. The second-order valence-corrected chi connectivity index (χ2v) is 13.7. The number of allylic oxidation sites excluding steroid dienone is 2. The molecule has 4 rings (SSSR count). The van der Waals surface area contributed by atoms with Crippen molar-refractivity contribution in [1.82, 2.24) is 9.80 Å². The van der Waals surface area contributed by atoms with Crippen LogP contribution in [0.5, 0.6) is 0 Å². The van der Waals surface area contributed by atoms with Gasteiger partial charge in [0.15, 0.2) is 0 Å². The van der Waals surface area contributed by atoms with E-state index < -0.39 is 11.9 Å².